The molecule has 1 heterocycles. The van der Waals surface area contributed by atoms with E-state index in [1.807, 2.05) is 30.3 Å². The molecule has 0 saturated carbocycles. The average Bonchev–Trinajstić information content (AvgIpc) is 2.59. The Balaban J connectivity index is 2.35. The Bertz CT molecular complexity index is 911. The van der Waals surface area contributed by atoms with Crippen LogP contribution in [0.5, 0.6) is 0 Å². The molecule has 0 radical (unpaired) electrons. The molecule has 0 aromatic heterocycles. The molecule has 1 aliphatic heterocycles. The van der Waals surface area contributed by atoms with Crippen molar-refractivity contribution in [2.24, 2.45) is 5.41 Å². The van der Waals surface area contributed by atoms with Crippen molar-refractivity contribution in [3.8, 4) is 6.57 Å². The Morgan fingerprint density at radius 2 is 1.83 bits per heavy atom. The van der Waals surface area contributed by atoms with Crippen LogP contribution in [-0.2, 0) is 9.84 Å². The van der Waals surface area contributed by atoms with Crippen LogP contribution in [0.1, 0.15) is 30.9 Å². The summed E-state index contributed by atoms with van der Waals surface area (Å²) in [5.41, 5.74) is 1.10. The second kappa shape index (κ2) is 5.73. The van der Waals surface area contributed by atoms with E-state index in [1.54, 1.807) is 32.0 Å². The maximum Gasteiger partial charge on any atom is 0.340 e. The minimum atomic E-state index is -3.53. The first kappa shape index (κ1) is 16.7. The molecule has 0 fully saturated rings. The molecule has 0 spiro atoms. The summed E-state index contributed by atoms with van der Waals surface area (Å²) in [4.78, 5) is 3.91. The van der Waals surface area contributed by atoms with E-state index in [9.17, 15) is 13.5 Å². The molecule has 2 aromatic rings. The lowest BCUT2D eigenvalue weighted by Gasteiger charge is -2.33. The maximum atomic E-state index is 12.9. The molecule has 5 heteroatoms. The third-order valence-corrected chi connectivity index (χ3v) is 6.82. The highest BCUT2D eigenvalue weighted by Crippen LogP contribution is 2.45. The molecule has 0 unspecified atom stereocenters. The summed E-state index contributed by atoms with van der Waals surface area (Å²) >= 11 is 0. The second-order valence-electron chi connectivity index (χ2n) is 6.93. The van der Waals surface area contributed by atoms with Crippen LogP contribution in [0.2, 0.25) is 0 Å². The number of rotatable bonds is 1. The number of hydrogen-bond acceptors (Lipinski definition) is 3. The van der Waals surface area contributed by atoms with Crippen LogP contribution in [0.25, 0.3) is 4.85 Å². The lowest BCUT2D eigenvalue weighted by molar-refractivity contribution is 0.0521. The first-order chi connectivity index (χ1) is 11.3. The SMILES string of the molecule is C#[N+]c1ccc2c(c1)[C@@H](c1ccccc1)[C@@H](O)C(C)(C)CS2(=O)=O. The van der Waals surface area contributed by atoms with Crippen molar-refractivity contribution < 1.29 is 13.5 Å². The Morgan fingerprint density at radius 1 is 1.17 bits per heavy atom. The van der Waals surface area contributed by atoms with E-state index in [0.29, 0.717) is 11.3 Å². The van der Waals surface area contributed by atoms with Gasteiger partial charge in [-0.1, -0.05) is 44.2 Å². The van der Waals surface area contributed by atoms with Crippen LogP contribution >= 0.6 is 0 Å². The van der Waals surface area contributed by atoms with E-state index < -0.39 is 27.3 Å². The topological polar surface area (TPSA) is 58.7 Å². The quantitative estimate of drug-likeness (QED) is 0.862. The molecule has 0 bridgehead atoms. The lowest BCUT2D eigenvalue weighted by Crippen LogP contribution is -2.37. The number of aliphatic hydroxyl groups is 1. The Kier molecular flexibility index (Phi) is 3.98. The largest absolute Gasteiger partial charge is 0.392 e. The predicted molar refractivity (Wildman–Crippen MR) is 94.5 cm³/mol. The number of sulfone groups is 1. The zero-order valence-corrected chi connectivity index (χ0v) is 14.5. The Hall–Kier alpha value is -2.16. The monoisotopic (exact) mass is 342 g/mol. The van der Waals surface area contributed by atoms with E-state index in [2.05, 4.69) is 4.85 Å². The van der Waals surface area contributed by atoms with Crippen LogP contribution in [0.4, 0.5) is 5.69 Å². The third kappa shape index (κ3) is 2.72. The molecule has 2 atom stereocenters. The van der Waals surface area contributed by atoms with Gasteiger partial charge in [-0.15, -0.1) is 0 Å². The zero-order chi connectivity index (χ0) is 17.5. The molecule has 24 heavy (non-hydrogen) atoms. The molecule has 3 rings (SSSR count). The first-order valence-electron chi connectivity index (χ1n) is 7.77. The highest BCUT2D eigenvalue weighted by atomic mass is 32.2. The van der Waals surface area contributed by atoms with Gasteiger partial charge in [-0.05, 0) is 22.0 Å². The van der Waals surface area contributed by atoms with Crippen molar-refractivity contribution in [1.82, 2.24) is 0 Å². The van der Waals surface area contributed by atoms with E-state index in [-0.39, 0.29) is 10.6 Å². The van der Waals surface area contributed by atoms with Gasteiger partial charge < -0.3 is 5.11 Å². The van der Waals surface area contributed by atoms with Crippen LogP contribution in [0.3, 0.4) is 0 Å². The van der Waals surface area contributed by atoms with Gasteiger partial charge in [0.2, 0.25) is 0 Å². The zero-order valence-electron chi connectivity index (χ0n) is 13.7. The second-order valence-corrected chi connectivity index (χ2v) is 8.89. The molecule has 4 nitrogen and oxygen atoms in total. The Morgan fingerprint density at radius 3 is 2.46 bits per heavy atom. The van der Waals surface area contributed by atoms with Gasteiger partial charge in [-0.2, -0.15) is 0 Å². The van der Waals surface area contributed by atoms with Gasteiger partial charge in [0.25, 0.3) is 6.57 Å². The van der Waals surface area contributed by atoms with E-state index >= 15 is 0 Å². The molecule has 0 amide bonds. The van der Waals surface area contributed by atoms with Crippen LogP contribution < -0.4 is 0 Å². The highest BCUT2D eigenvalue weighted by Gasteiger charge is 2.45. The summed E-state index contributed by atoms with van der Waals surface area (Å²) in [7, 11) is -3.53. The van der Waals surface area contributed by atoms with E-state index in [0.717, 1.165) is 5.56 Å². The molecule has 124 valence electrons. The van der Waals surface area contributed by atoms with Gasteiger partial charge in [0.05, 0.1) is 16.8 Å². The minimum absolute atomic E-state index is 0.114. The number of hydrogen-bond donors (Lipinski definition) is 1. The molecule has 0 saturated heterocycles. The fraction of sp³-hybridized carbons (Fsp3) is 0.316. The van der Waals surface area contributed by atoms with Gasteiger partial charge in [-0.25, -0.2) is 8.42 Å². The number of nitrogens with zero attached hydrogens (tertiary/aromatic N) is 1. The number of aliphatic hydroxyl groups excluding tert-OH is 1. The van der Waals surface area contributed by atoms with Crippen molar-refractivity contribution in [2.75, 3.05) is 5.75 Å². The summed E-state index contributed by atoms with van der Waals surface area (Å²) in [6, 6.07) is 14.2. The smallest absolute Gasteiger partial charge is 0.340 e. The summed E-state index contributed by atoms with van der Waals surface area (Å²) in [6.07, 6.45) is -0.857. The van der Waals surface area contributed by atoms with Crippen molar-refractivity contribution in [3.63, 3.8) is 0 Å². The summed E-state index contributed by atoms with van der Waals surface area (Å²) in [5, 5.41) is 11.0. The molecule has 2 aromatic carbocycles. The summed E-state index contributed by atoms with van der Waals surface area (Å²) in [5.74, 6) is -0.577. The maximum absolute atomic E-state index is 12.9. The molecule has 0 aliphatic carbocycles. The van der Waals surface area contributed by atoms with Gasteiger partial charge in [0.15, 0.2) is 9.84 Å². The van der Waals surface area contributed by atoms with Crippen molar-refractivity contribution in [3.05, 3.63) is 64.5 Å². The predicted octanol–water partition coefficient (Wildman–Crippen LogP) is 3.59. The van der Waals surface area contributed by atoms with Crippen LogP contribution in [0, 0.1) is 12.0 Å². The molecular formula is C19H20NO3S+. The fourth-order valence-electron chi connectivity index (χ4n) is 3.44. The molecule has 1 aliphatic rings. The van der Waals surface area contributed by atoms with Crippen LogP contribution in [-0.4, -0.2) is 25.4 Å². The normalized spacial score (nSPS) is 24.4. The minimum Gasteiger partial charge on any atom is -0.392 e. The van der Waals surface area contributed by atoms with Crippen molar-refractivity contribution >= 4 is 15.5 Å². The average molecular weight is 342 g/mol. The third-order valence-electron chi connectivity index (χ3n) is 4.65. The summed E-state index contributed by atoms with van der Waals surface area (Å²) < 4.78 is 25.7. The standard InChI is InChI=1S/C19H20NO3S/c1-19(2)12-24(22,23)16-10-9-14(20-3)11-15(16)17(18(19)21)13-7-5-4-6-8-13/h3-11,17-18,21H,12H2,1-2H3/q+1/t17-,18-/m1/s1. The molecular weight excluding hydrogens is 322 g/mol. The number of fused-ring (bicyclic) bond motifs is 1. The van der Waals surface area contributed by atoms with Crippen molar-refractivity contribution in [2.45, 2.75) is 30.8 Å². The van der Waals surface area contributed by atoms with Gasteiger partial charge in [-0.3, -0.25) is 0 Å². The highest BCUT2D eigenvalue weighted by molar-refractivity contribution is 7.91. The molecule has 1 N–H and O–H groups in total. The van der Waals surface area contributed by atoms with Gasteiger partial charge in [0.1, 0.15) is 0 Å². The lowest BCUT2D eigenvalue weighted by atomic mass is 9.75. The van der Waals surface area contributed by atoms with Crippen LogP contribution in [0.15, 0.2) is 53.4 Å². The summed E-state index contributed by atoms with van der Waals surface area (Å²) in [6.45, 7) is 8.94. The van der Waals surface area contributed by atoms with Gasteiger partial charge >= 0.3 is 5.69 Å². The fourth-order valence-corrected chi connectivity index (χ4v) is 5.56. The first-order valence-corrected chi connectivity index (χ1v) is 9.42. The Labute approximate surface area is 142 Å². The van der Waals surface area contributed by atoms with E-state index in [1.165, 1.54) is 0 Å². The van der Waals surface area contributed by atoms with Crippen molar-refractivity contribution in [1.29, 1.82) is 0 Å². The number of benzene rings is 2. The van der Waals surface area contributed by atoms with E-state index in [4.69, 9.17) is 6.57 Å². The van der Waals surface area contributed by atoms with Gasteiger partial charge in [0, 0.05) is 23.5 Å².